The second kappa shape index (κ2) is 6.58. The second-order valence-corrected chi connectivity index (χ2v) is 7.13. The maximum Gasteiger partial charge on any atom is 0.0712 e. The molecule has 1 fully saturated rings. The van der Waals surface area contributed by atoms with Crippen molar-refractivity contribution in [1.82, 2.24) is 14.7 Å². The van der Waals surface area contributed by atoms with Crippen LogP contribution in [0.1, 0.15) is 58.2 Å². The monoisotopic (exact) mass is 342 g/mol. The van der Waals surface area contributed by atoms with Gasteiger partial charge in [-0.05, 0) is 62.1 Å². The Hall–Kier alpha value is -0.390. The molecule has 1 aliphatic heterocycles. The highest BCUT2D eigenvalue weighted by molar-refractivity contribution is 9.10. The molecule has 0 aromatic carbocycles. The molecule has 0 spiro atoms. The van der Waals surface area contributed by atoms with Crippen LogP contribution in [0.4, 0.5) is 0 Å². The van der Waals surface area contributed by atoms with Gasteiger partial charge >= 0.3 is 0 Å². The molecule has 1 saturated heterocycles. The fourth-order valence-corrected chi connectivity index (χ4v) is 3.62. The number of piperidine rings is 1. The van der Waals surface area contributed by atoms with Gasteiger partial charge in [0.2, 0.25) is 0 Å². The molecule has 4 nitrogen and oxygen atoms in total. The minimum absolute atomic E-state index is 0.0379. The fraction of sp³-hybridized carbons (Fsp3) is 0.800. The lowest BCUT2D eigenvalue weighted by Crippen LogP contribution is -2.53. The predicted octanol–water partition coefficient (Wildman–Crippen LogP) is 3.32. The first-order chi connectivity index (χ1) is 9.48. The molecule has 20 heavy (non-hydrogen) atoms. The van der Waals surface area contributed by atoms with Crippen molar-refractivity contribution < 1.29 is 0 Å². The molecule has 114 valence electrons. The smallest absolute Gasteiger partial charge is 0.0712 e. The summed E-state index contributed by atoms with van der Waals surface area (Å²) in [6.45, 7) is 9.92. The van der Waals surface area contributed by atoms with Gasteiger partial charge in [0.1, 0.15) is 0 Å². The largest absolute Gasteiger partial charge is 0.321 e. The van der Waals surface area contributed by atoms with Crippen molar-refractivity contribution in [3.63, 3.8) is 0 Å². The van der Waals surface area contributed by atoms with Gasteiger partial charge in [0.25, 0.3) is 0 Å². The minimum atomic E-state index is -0.0472. The Kier molecular flexibility index (Phi) is 5.26. The third-order valence-electron chi connectivity index (χ3n) is 4.50. The van der Waals surface area contributed by atoms with Gasteiger partial charge in [0.15, 0.2) is 0 Å². The van der Waals surface area contributed by atoms with Gasteiger partial charge in [0, 0.05) is 12.1 Å². The van der Waals surface area contributed by atoms with Crippen molar-refractivity contribution >= 4 is 15.9 Å². The van der Waals surface area contributed by atoms with Gasteiger partial charge in [-0.3, -0.25) is 9.58 Å². The van der Waals surface area contributed by atoms with E-state index in [0.29, 0.717) is 0 Å². The maximum absolute atomic E-state index is 6.65. The van der Waals surface area contributed by atoms with Crippen molar-refractivity contribution in [2.75, 3.05) is 13.1 Å². The number of hydrogen-bond acceptors (Lipinski definition) is 3. The Morgan fingerprint density at radius 1 is 1.35 bits per heavy atom. The van der Waals surface area contributed by atoms with Crippen molar-refractivity contribution in [1.29, 1.82) is 0 Å². The van der Waals surface area contributed by atoms with Crippen LogP contribution in [0.2, 0.25) is 0 Å². The van der Waals surface area contributed by atoms with E-state index in [2.05, 4.69) is 51.4 Å². The van der Waals surface area contributed by atoms with E-state index in [1.807, 2.05) is 6.20 Å². The Morgan fingerprint density at radius 3 is 2.60 bits per heavy atom. The summed E-state index contributed by atoms with van der Waals surface area (Å²) in [5.74, 6) is 0. The number of rotatable bonds is 5. The number of halogens is 1. The van der Waals surface area contributed by atoms with E-state index < -0.39 is 0 Å². The lowest BCUT2D eigenvalue weighted by Gasteiger charge is -2.44. The Labute approximate surface area is 130 Å². The molecule has 2 N–H and O–H groups in total. The number of hydrogen-bond donors (Lipinski definition) is 1. The first-order valence-electron chi connectivity index (χ1n) is 7.70. The van der Waals surface area contributed by atoms with Crippen LogP contribution in [0.5, 0.6) is 0 Å². The van der Waals surface area contributed by atoms with Gasteiger partial charge in [-0.15, -0.1) is 0 Å². The normalized spacial score (nSPS) is 19.2. The maximum atomic E-state index is 6.65. The van der Waals surface area contributed by atoms with E-state index in [-0.39, 0.29) is 11.6 Å². The average molecular weight is 343 g/mol. The minimum Gasteiger partial charge on any atom is -0.321 e. The van der Waals surface area contributed by atoms with Crippen LogP contribution < -0.4 is 5.73 Å². The molecule has 1 aromatic heterocycles. The Morgan fingerprint density at radius 2 is 2.00 bits per heavy atom. The van der Waals surface area contributed by atoms with Crippen LogP contribution in [0, 0.1) is 0 Å². The van der Waals surface area contributed by atoms with E-state index in [1.165, 1.54) is 19.3 Å². The van der Waals surface area contributed by atoms with Gasteiger partial charge in [-0.2, -0.15) is 5.10 Å². The zero-order valence-corrected chi connectivity index (χ0v) is 14.5. The molecule has 0 saturated carbocycles. The first kappa shape index (κ1) is 16.0. The van der Waals surface area contributed by atoms with E-state index in [9.17, 15) is 0 Å². The first-order valence-corrected chi connectivity index (χ1v) is 8.49. The SMILES string of the molecule is CCCn1ncc(Br)c1C(N)C(C)(C)N1CCCCC1. The van der Waals surface area contributed by atoms with Crippen LogP contribution in [0.25, 0.3) is 0 Å². The fourth-order valence-electron chi connectivity index (χ4n) is 3.07. The molecule has 0 bridgehead atoms. The van der Waals surface area contributed by atoms with Crippen LogP contribution in [-0.2, 0) is 6.54 Å². The quantitative estimate of drug-likeness (QED) is 0.892. The topological polar surface area (TPSA) is 47.1 Å². The number of nitrogens with zero attached hydrogens (tertiary/aromatic N) is 3. The molecule has 1 atom stereocenters. The zero-order chi connectivity index (χ0) is 14.8. The predicted molar refractivity (Wildman–Crippen MR) is 86.6 cm³/mol. The van der Waals surface area contributed by atoms with Gasteiger partial charge in [-0.25, -0.2) is 0 Å². The average Bonchev–Trinajstić information content (AvgIpc) is 2.80. The molecule has 0 radical (unpaired) electrons. The van der Waals surface area contributed by atoms with Gasteiger partial charge in [-0.1, -0.05) is 13.3 Å². The summed E-state index contributed by atoms with van der Waals surface area (Å²) < 4.78 is 3.09. The highest BCUT2D eigenvalue weighted by Crippen LogP contribution is 2.34. The second-order valence-electron chi connectivity index (χ2n) is 6.28. The van der Waals surface area contributed by atoms with Crippen molar-refractivity contribution in [3.8, 4) is 0 Å². The van der Waals surface area contributed by atoms with E-state index >= 15 is 0 Å². The number of likely N-dealkylation sites (tertiary alicyclic amines) is 1. The van der Waals surface area contributed by atoms with Gasteiger partial charge < -0.3 is 5.73 Å². The molecule has 0 aliphatic carbocycles. The molecule has 1 aliphatic rings. The number of aromatic nitrogens is 2. The van der Waals surface area contributed by atoms with Crippen molar-refractivity contribution in [3.05, 3.63) is 16.4 Å². The Balaban J connectivity index is 2.24. The van der Waals surface area contributed by atoms with Gasteiger partial charge in [0.05, 0.1) is 22.4 Å². The summed E-state index contributed by atoms with van der Waals surface area (Å²) in [6, 6.07) is -0.0379. The van der Waals surface area contributed by atoms with Crippen LogP contribution in [0.3, 0.4) is 0 Å². The van der Waals surface area contributed by atoms with Crippen LogP contribution >= 0.6 is 15.9 Å². The molecule has 2 heterocycles. The van der Waals surface area contributed by atoms with Crippen molar-refractivity contribution in [2.24, 2.45) is 5.73 Å². The number of aryl methyl sites for hydroxylation is 1. The lowest BCUT2D eigenvalue weighted by atomic mass is 9.88. The van der Waals surface area contributed by atoms with Crippen LogP contribution in [-0.4, -0.2) is 33.3 Å². The highest BCUT2D eigenvalue weighted by Gasteiger charge is 2.37. The Bertz CT molecular complexity index is 435. The number of nitrogens with two attached hydrogens (primary N) is 1. The molecule has 0 amide bonds. The molecule has 2 rings (SSSR count). The van der Waals surface area contributed by atoms with Crippen molar-refractivity contribution in [2.45, 2.75) is 64.6 Å². The molecular weight excluding hydrogens is 316 g/mol. The summed E-state index contributed by atoms with van der Waals surface area (Å²) in [6.07, 6.45) is 6.85. The lowest BCUT2D eigenvalue weighted by molar-refractivity contribution is 0.0702. The molecule has 5 heteroatoms. The summed E-state index contributed by atoms with van der Waals surface area (Å²) in [4.78, 5) is 2.54. The van der Waals surface area contributed by atoms with Crippen LogP contribution in [0.15, 0.2) is 10.7 Å². The highest BCUT2D eigenvalue weighted by atomic mass is 79.9. The standard InChI is InChI=1S/C15H27BrN4/c1-4-8-20-13(12(16)11-18-20)14(17)15(2,3)19-9-6-5-7-10-19/h11,14H,4-10,17H2,1-3H3. The molecule has 1 unspecified atom stereocenters. The summed E-state index contributed by atoms with van der Waals surface area (Å²) in [7, 11) is 0. The third kappa shape index (κ3) is 3.10. The summed E-state index contributed by atoms with van der Waals surface area (Å²) >= 11 is 3.62. The van der Waals surface area contributed by atoms with E-state index in [4.69, 9.17) is 5.73 Å². The van der Waals surface area contributed by atoms with E-state index in [1.54, 1.807) is 0 Å². The summed E-state index contributed by atoms with van der Waals surface area (Å²) in [5, 5.41) is 4.46. The third-order valence-corrected chi connectivity index (χ3v) is 5.11. The molecule has 1 aromatic rings. The summed E-state index contributed by atoms with van der Waals surface area (Å²) in [5.41, 5.74) is 7.73. The molecular formula is C15H27BrN4. The van der Waals surface area contributed by atoms with E-state index in [0.717, 1.165) is 36.2 Å². The zero-order valence-electron chi connectivity index (χ0n) is 12.9.